The first kappa shape index (κ1) is 12.4. The molecule has 1 fully saturated rings. The second-order valence-corrected chi connectivity index (χ2v) is 4.75. The first-order chi connectivity index (χ1) is 8.22. The van der Waals surface area contributed by atoms with E-state index in [1.54, 1.807) is 7.11 Å². The van der Waals surface area contributed by atoms with E-state index in [0.717, 1.165) is 42.8 Å². The predicted octanol–water partition coefficient (Wildman–Crippen LogP) is 2.04. The summed E-state index contributed by atoms with van der Waals surface area (Å²) in [5, 5.41) is 13.7. The van der Waals surface area contributed by atoms with Crippen LogP contribution in [-0.4, -0.2) is 25.3 Å². The van der Waals surface area contributed by atoms with E-state index in [9.17, 15) is 5.11 Å². The standard InChI is InChI=1S/C14H21NO2/c1-10-9-12(17-2)3-4-13(10)14(16)11-5-7-15-8-6-11/h3-4,9,11,14-16H,5-8H2,1-2H3. The van der Waals surface area contributed by atoms with Crippen molar-refractivity contribution < 1.29 is 9.84 Å². The van der Waals surface area contributed by atoms with Crippen LogP contribution in [0.15, 0.2) is 18.2 Å². The van der Waals surface area contributed by atoms with Crippen LogP contribution in [0.2, 0.25) is 0 Å². The Bertz CT molecular complexity index is 372. The van der Waals surface area contributed by atoms with Gasteiger partial charge in [0.05, 0.1) is 13.2 Å². The molecule has 1 atom stereocenters. The summed E-state index contributed by atoms with van der Waals surface area (Å²) in [6.45, 7) is 4.05. The van der Waals surface area contributed by atoms with Crippen molar-refractivity contribution in [3.63, 3.8) is 0 Å². The number of methoxy groups -OCH3 is 1. The molecule has 0 bridgehead atoms. The van der Waals surface area contributed by atoms with Crippen molar-refractivity contribution in [2.24, 2.45) is 5.92 Å². The number of hydrogen-bond donors (Lipinski definition) is 2. The predicted molar refractivity (Wildman–Crippen MR) is 68.3 cm³/mol. The van der Waals surface area contributed by atoms with Crippen LogP contribution >= 0.6 is 0 Å². The second-order valence-electron chi connectivity index (χ2n) is 4.75. The molecule has 94 valence electrons. The van der Waals surface area contributed by atoms with Crippen LogP contribution in [-0.2, 0) is 0 Å². The van der Waals surface area contributed by atoms with E-state index in [0.29, 0.717) is 5.92 Å². The summed E-state index contributed by atoms with van der Waals surface area (Å²) < 4.78 is 5.18. The molecule has 3 nitrogen and oxygen atoms in total. The lowest BCUT2D eigenvalue weighted by atomic mass is 9.86. The summed E-state index contributed by atoms with van der Waals surface area (Å²) in [6, 6.07) is 5.90. The Hall–Kier alpha value is -1.06. The molecule has 1 aliphatic rings. The molecule has 1 unspecified atom stereocenters. The first-order valence-corrected chi connectivity index (χ1v) is 6.25. The molecule has 1 heterocycles. The van der Waals surface area contributed by atoms with Crippen molar-refractivity contribution in [3.8, 4) is 5.75 Å². The Balaban J connectivity index is 2.15. The van der Waals surface area contributed by atoms with Crippen LogP contribution in [0.1, 0.15) is 30.1 Å². The molecule has 1 saturated heterocycles. The highest BCUT2D eigenvalue weighted by atomic mass is 16.5. The maximum Gasteiger partial charge on any atom is 0.119 e. The van der Waals surface area contributed by atoms with E-state index >= 15 is 0 Å². The van der Waals surface area contributed by atoms with Crippen molar-refractivity contribution in [2.75, 3.05) is 20.2 Å². The molecule has 0 aliphatic carbocycles. The lowest BCUT2D eigenvalue weighted by Gasteiger charge is -2.28. The Kier molecular flexibility index (Phi) is 4.02. The molecule has 3 heteroatoms. The van der Waals surface area contributed by atoms with Gasteiger partial charge in [-0.3, -0.25) is 0 Å². The number of benzene rings is 1. The summed E-state index contributed by atoms with van der Waals surface area (Å²) in [5.74, 6) is 1.23. The number of aliphatic hydroxyl groups excluding tert-OH is 1. The van der Waals surface area contributed by atoms with Crippen molar-refractivity contribution in [1.82, 2.24) is 5.32 Å². The maximum atomic E-state index is 10.4. The monoisotopic (exact) mass is 235 g/mol. The number of rotatable bonds is 3. The van der Waals surface area contributed by atoms with Gasteiger partial charge < -0.3 is 15.2 Å². The summed E-state index contributed by atoms with van der Waals surface area (Å²) in [7, 11) is 1.66. The van der Waals surface area contributed by atoms with Crippen LogP contribution in [0.4, 0.5) is 0 Å². The van der Waals surface area contributed by atoms with E-state index in [-0.39, 0.29) is 6.10 Å². The normalized spacial score (nSPS) is 19.0. The number of ether oxygens (including phenoxy) is 1. The smallest absolute Gasteiger partial charge is 0.119 e. The maximum absolute atomic E-state index is 10.4. The molecular formula is C14H21NO2. The topological polar surface area (TPSA) is 41.5 Å². The van der Waals surface area contributed by atoms with Gasteiger partial charge in [0.1, 0.15) is 5.75 Å². The number of hydrogen-bond acceptors (Lipinski definition) is 3. The van der Waals surface area contributed by atoms with Gasteiger partial charge in [-0.1, -0.05) is 6.07 Å². The highest BCUT2D eigenvalue weighted by Gasteiger charge is 2.24. The van der Waals surface area contributed by atoms with Gasteiger partial charge in [0.15, 0.2) is 0 Å². The largest absolute Gasteiger partial charge is 0.497 e. The fraction of sp³-hybridized carbons (Fsp3) is 0.571. The quantitative estimate of drug-likeness (QED) is 0.842. The minimum atomic E-state index is -0.344. The van der Waals surface area contributed by atoms with E-state index in [1.165, 1.54) is 0 Å². The molecule has 1 aliphatic heterocycles. The third kappa shape index (κ3) is 2.79. The van der Waals surface area contributed by atoms with Crippen LogP contribution < -0.4 is 10.1 Å². The Morgan fingerprint density at radius 2 is 2.06 bits per heavy atom. The van der Waals surface area contributed by atoms with Crippen LogP contribution in [0.5, 0.6) is 5.75 Å². The van der Waals surface area contributed by atoms with Crippen molar-refractivity contribution in [3.05, 3.63) is 29.3 Å². The number of piperidine rings is 1. The molecule has 2 rings (SSSR count). The summed E-state index contributed by atoms with van der Waals surface area (Å²) >= 11 is 0. The first-order valence-electron chi connectivity index (χ1n) is 6.25. The van der Waals surface area contributed by atoms with Gasteiger partial charge in [0.25, 0.3) is 0 Å². The van der Waals surface area contributed by atoms with Gasteiger partial charge in [-0.2, -0.15) is 0 Å². The van der Waals surface area contributed by atoms with Crippen LogP contribution in [0.3, 0.4) is 0 Å². The zero-order valence-corrected chi connectivity index (χ0v) is 10.6. The van der Waals surface area contributed by atoms with E-state index in [2.05, 4.69) is 5.32 Å². The number of nitrogens with one attached hydrogen (secondary N) is 1. The van der Waals surface area contributed by atoms with Crippen molar-refractivity contribution >= 4 is 0 Å². The van der Waals surface area contributed by atoms with Crippen LogP contribution in [0.25, 0.3) is 0 Å². The Morgan fingerprint density at radius 1 is 1.35 bits per heavy atom. The fourth-order valence-corrected chi connectivity index (χ4v) is 2.52. The van der Waals surface area contributed by atoms with Gasteiger partial charge in [-0.25, -0.2) is 0 Å². The van der Waals surface area contributed by atoms with Gasteiger partial charge in [0, 0.05) is 0 Å². The average molecular weight is 235 g/mol. The highest BCUT2D eigenvalue weighted by molar-refractivity contribution is 5.36. The number of aryl methyl sites for hydroxylation is 1. The van der Waals surface area contributed by atoms with Gasteiger partial charge >= 0.3 is 0 Å². The molecule has 0 spiro atoms. The summed E-state index contributed by atoms with van der Waals surface area (Å²) in [5.41, 5.74) is 2.15. The summed E-state index contributed by atoms with van der Waals surface area (Å²) in [6.07, 6.45) is 1.75. The Morgan fingerprint density at radius 3 is 2.65 bits per heavy atom. The zero-order valence-electron chi connectivity index (χ0n) is 10.6. The van der Waals surface area contributed by atoms with Gasteiger partial charge in [-0.15, -0.1) is 0 Å². The molecule has 0 aromatic heterocycles. The molecule has 1 aromatic rings. The lowest BCUT2D eigenvalue weighted by molar-refractivity contribution is 0.0883. The average Bonchev–Trinajstić information content (AvgIpc) is 2.39. The molecule has 2 N–H and O–H groups in total. The van der Waals surface area contributed by atoms with Crippen molar-refractivity contribution in [2.45, 2.75) is 25.9 Å². The van der Waals surface area contributed by atoms with E-state index < -0.39 is 0 Å². The van der Waals surface area contributed by atoms with Gasteiger partial charge in [-0.05, 0) is 62.0 Å². The van der Waals surface area contributed by atoms with Crippen molar-refractivity contribution in [1.29, 1.82) is 0 Å². The molecule has 0 radical (unpaired) electrons. The van der Waals surface area contributed by atoms with E-state index in [1.807, 2.05) is 25.1 Å². The molecule has 1 aromatic carbocycles. The highest BCUT2D eigenvalue weighted by Crippen LogP contribution is 2.31. The van der Waals surface area contributed by atoms with Crippen LogP contribution in [0, 0.1) is 12.8 Å². The number of aliphatic hydroxyl groups is 1. The van der Waals surface area contributed by atoms with E-state index in [4.69, 9.17) is 4.74 Å². The van der Waals surface area contributed by atoms with Gasteiger partial charge in [0.2, 0.25) is 0 Å². The lowest BCUT2D eigenvalue weighted by Crippen LogP contribution is -2.31. The molecule has 0 saturated carbocycles. The third-order valence-electron chi connectivity index (χ3n) is 3.63. The molecule has 0 amide bonds. The summed E-state index contributed by atoms with van der Waals surface area (Å²) in [4.78, 5) is 0. The molecular weight excluding hydrogens is 214 g/mol. The third-order valence-corrected chi connectivity index (χ3v) is 3.63. The molecule has 17 heavy (non-hydrogen) atoms. The second kappa shape index (κ2) is 5.52. The minimum absolute atomic E-state index is 0.344. The SMILES string of the molecule is COc1ccc(C(O)C2CCNCC2)c(C)c1. The Labute approximate surface area is 103 Å². The zero-order chi connectivity index (χ0) is 12.3. The minimum Gasteiger partial charge on any atom is -0.497 e. The fourth-order valence-electron chi connectivity index (χ4n) is 2.52.